The van der Waals surface area contributed by atoms with Crippen LogP contribution < -0.4 is 0 Å². The van der Waals surface area contributed by atoms with E-state index in [1.807, 2.05) is 19.1 Å². The monoisotopic (exact) mass is 594 g/mol. The Hall–Kier alpha value is -3.74. The molecule has 0 N–H and O–H groups in total. The van der Waals surface area contributed by atoms with Gasteiger partial charge in [0.25, 0.3) is 0 Å². The van der Waals surface area contributed by atoms with Crippen LogP contribution in [0.1, 0.15) is 22.5 Å². The first-order chi connectivity index (χ1) is 19.0. The van der Waals surface area contributed by atoms with Crippen molar-refractivity contribution in [2.45, 2.75) is 27.7 Å². The number of furan rings is 1. The topological polar surface area (TPSA) is 13.1 Å². The van der Waals surface area contributed by atoms with Crippen molar-refractivity contribution in [1.82, 2.24) is 0 Å². The molecule has 0 aliphatic rings. The van der Waals surface area contributed by atoms with E-state index in [9.17, 15) is 0 Å². The summed E-state index contributed by atoms with van der Waals surface area (Å²) in [5, 5.41) is 5.25. The molecule has 2 heteroatoms. The van der Waals surface area contributed by atoms with Gasteiger partial charge in [0.2, 0.25) is 0 Å². The third kappa shape index (κ3) is 5.47. The summed E-state index contributed by atoms with van der Waals surface area (Å²) in [6.07, 6.45) is 0. The Kier molecular flexibility index (Phi) is 8.20. The van der Waals surface area contributed by atoms with Gasteiger partial charge in [-0.1, -0.05) is 95.9 Å². The minimum absolute atomic E-state index is 0. The average Bonchev–Trinajstić information content (AvgIpc) is 3.67. The van der Waals surface area contributed by atoms with Crippen molar-refractivity contribution >= 4 is 21.5 Å². The fraction of sp³-hybridized carbons (Fsp3) is 0.105. The predicted molar refractivity (Wildman–Crippen MR) is 167 cm³/mol. The summed E-state index contributed by atoms with van der Waals surface area (Å²) >= 11 is 0. The summed E-state index contributed by atoms with van der Waals surface area (Å²) in [6, 6.07) is 43.1. The molecule has 0 atom stereocenters. The minimum atomic E-state index is 0. The summed E-state index contributed by atoms with van der Waals surface area (Å²) in [5.74, 6) is 1.88. The Morgan fingerprint density at radius 3 is 1.57 bits per heavy atom. The summed E-state index contributed by atoms with van der Waals surface area (Å²) < 4.78 is 5.77. The second kappa shape index (κ2) is 11.8. The van der Waals surface area contributed by atoms with E-state index < -0.39 is 0 Å². The molecule has 0 aliphatic heterocycles. The molecule has 0 fully saturated rings. The van der Waals surface area contributed by atoms with E-state index in [4.69, 9.17) is 4.42 Å². The van der Waals surface area contributed by atoms with Crippen molar-refractivity contribution in [1.29, 1.82) is 0 Å². The van der Waals surface area contributed by atoms with Crippen LogP contribution in [0.15, 0.2) is 126 Å². The van der Waals surface area contributed by atoms with Crippen LogP contribution in [0.4, 0.5) is 0 Å². The van der Waals surface area contributed by atoms with Gasteiger partial charge in [-0.15, -0.1) is 63.5 Å². The second-order valence-corrected chi connectivity index (χ2v) is 10.4. The molecule has 0 unspecified atom stereocenters. The van der Waals surface area contributed by atoms with Gasteiger partial charge in [0.15, 0.2) is 0 Å². The maximum Gasteiger partial charge on any atom is 2.00 e. The van der Waals surface area contributed by atoms with Gasteiger partial charge >= 0.3 is 26.2 Å². The van der Waals surface area contributed by atoms with E-state index >= 15 is 0 Å². The van der Waals surface area contributed by atoms with Crippen LogP contribution in [0.25, 0.3) is 55.1 Å². The number of aryl methyl sites for hydroxylation is 4. The molecule has 40 heavy (non-hydrogen) atoms. The normalized spacial score (nSPS) is 10.8. The maximum atomic E-state index is 5.77. The molecule has 0 spiro atoms. The predicted octanol–water partition coefficient (Wildman–Crippen LogP) is 10.9. The standard InChI is InChI=1S/C21H17O.C17H15.Zr/c1-14-8-10-17-12-18(20-11-9-15(2)22-20)13-19(17)21(14)16-6-4-3-5-7-16;1-12-10-15-9-8-13(2)17(16(15)11-12)14-6-4-3-5-7-14;/h3-13H,1-2H3;3-11H,1-2H3;/q2*-1;+2. The molecule has 1 aromatic heterocycles. The van der Waals surface area contributed by atoms with E-state index in [0.717, 1.165) is 17.1 Å². The molecule has 0 bridgehead atoms. The molecule has 1 heterocycles. The van der Waals surface area contributed by atoms with E-state index in [1.54, 1.807) is 0 Å². The second-order valence-electron chi connectivity index (χ2n) is 10.4. The summed E-state index contributed by atoms with van der Waals surface area (Å²) in [7, 11) is 0. The van der Waals surface area contributed by atoms with Gasteiger partial charge in [-0.25, -0.2) is 0 Å². The van der Waals surface area contributed by atoms with Gasteiger partial charge in [0.05, 0.1) is 11.5 Å². The van der Waals surface area contributed by atoms with Gasteiger partial charge in [-0.2, -0.15) is 6.07 Å². The molecule has 0 radical (unpaired) electrons. The number of benzene rings is 4. The smallest absolute Gasteiger partial charge is 0.496 e. The van der Waals surface area contributed by atoms with Gasteiger partial charge in [-0.05, 0) is 49.6 Å². The molecule has 0 aliphatic carbocycles. The SMILES string of the molecule is Cc1cc2c(-c3ccccc3)c(C)ccc2[cH-]1.Cc1ccc(-c2cc3c(-c4ccccc4)c(C)ccc3[cH-]2)o1.[Zr+2]. The molecule has 1 nitrogen and oxygen atoms in total. The summed E-state index contributed by atoms with van der Waals surface area (Å²) in [6.45, 7) is 8.49. The van der Waals surface area contributed by atoms with Gasteiger partial charge < -0.3 is 4.42 Å². The first-order valence-electron chi connectivity index (χ1n) is 13.5. The van der Waals surface area contributed by atoms with Crippen LogP contribution in [-0.2, 0) is 26.2 Å². The molecule has 7 rings (SSSR count). The molecule has 6 aromatic carbocycles. The third-order valence-corrected chi connectivity index (χ3v) is 7.49. The van der Waals surface area contributed by atoms with Crippen molar-refractivity contribution in [2.75, 3.05) is 0 Å². The number of hydrogen-bond donors (Lipinski definition) is 0. The number of hydrogen-bond acceptors (Lipinski definition) is 1. The Bertz CT molecular complexity index is 1880. The third-order valence-electron chi connectivity index (χ3n) is 7.49. The van der Waals surface area contributed by atoms with Crippen LogP contribution >= 0.6 is 0 Å². The molecular weight excluding hydrogens is 564 g/mol. The summed E-state index contributed by atoms with van der Waals surface area (Å²) in [5.41, 5.74) is 10.4. The Morgan fingerprint density at radius 1 is 0.525 bits per heavy atom. The zero-order valence-electron chi connectivity index (χ0n) is 23.5. The summed E-state index contributed by atoms with van der Waals surface area (Å²) in [4.78, 5) is 0. The fourth-order valence-corrected chi connectivity index (χ4v) is 5.64. The largest absolute Gasteiger partial charge is 2.00 e. The quantitative estimate of drug-likeness (QED) is 0.185. The van der Waals surface area contributed by atoms with Crippen LogP contribution in [0.2, 0.25) is 0 Å². The van der Waals surface area contributed by atoms with Crippen molar-refractivity contribution < 1.29 is 30.6 Å². The van der Waals surface area contributed by atoms with Gasteiger partial charge in [0, 0.05) is 0 Å². The van der Waals surface area contributed by atoms with Crippen LogP contribution in [0.3, 0.4) is 0 Å². The van der Waals surface area contributed by atoms with E-state index in [1.165, 1.54) is 60.5 Å². The first kappa shape index (κ1) is 27.8. The Balaban J connectivity index is 0.000000162. The van der Waals surface area contributed by atoms with Crippen LogP contribution in [0.5, 0.6) is 0 Å². The zero-order chi connectivity index (χ0) is 26.9. The zero-order valence-corrected chi connectivity index (χ0v) is 25.9. The molecule has 0 amide bonds. The van der Waals surface area contributed by atoms with E-state index in [-0.39, 0.29) is 26.2 Å². The maximum absolute atomic E-state index is 5.77. The van der Waals surface area contributed by atoms with E-state index in [0.29, 0.717) is 0 Å². The molecule has 7 aromatic rings. The van der Waals surface area contributed by atoms with Crippen molar-refractivity contribution in [3.8, 4) is 33.6 Å². The number of fused-ring (bicyclic) bond motifs is 2. The van der Waals surface area contributed by atoms with Crippen LogP contribution in [0, 0.1) is 27.7 Å². The fourth-order valence-electron chi connectivity index (χ4n) is 5.64. The average molecular weight is 596 g/mol. The van der Waals surface area contributed by atoms with Crippen molar-refractivity contribution in [2.24, 2.45) is 0 Å². The van der Waals surface area contributed by atoms with Crippen LogP contribution in [-0.4, -0.2) is 0 Å². The molecule has 0 saturated carbocycles. The first-order valence-corrected chi connectivity index (χ1v) is 13.5. The van der Waals surface area contributed by atoms with Gasteiger partial charge in [0.1, 0.15) is 0 Å². The Labute approximate surface area is 256 Å². The minimum Gasteiger partial charge on any atom is -0.496 e. The van der Waals surface area contributed by atoms with E-state index in [2.05, 4.69) is 130 Å². The molecule has 194 valence electrons. The van der Waals surface area contributed by atoms with Crippen molar-refractivity contribution in [3.63, 3.8) is 0 Å². The van der Waals surface area contributed by atoms with Crippen molar-refractivity contribution in [3.05, 3.63) is 144 Å². The van der Waals surface area contributed by atoms with Gasteiger partial charge in [-0.3, -0.25) is 0 Å². The number of rotatable bonds is 3. The Morgan fingerprint density at radius 2 is 1.05 bits per heavy atom. The molecule has 0 saturated heterocycles. The molecular formula is C38H32OZr.